The van der Waals surface area contributed by atoms with E-state index in [-0.39, 0.29) is 12.5 Å². The number of carbonyl (C=O) groups is 1. The molecule has 7 nitrogen and oxygen atoms in total. The van der Waals surface area contributed by atoms with Crippen LogP contribution in [0.2, 0.25) is 0 Å². The van der Waals surface area contributed by atoms with Gasteiger partial charge in [0.05, 0.1) is 34.1 Å². The maximum Gasteiger partial charge on any atom is 0.276 e. The summed E-state index contributed by atoms with van der Waals surface area (Å²) in [5.41, 5.74) is 0.996. The highest BCUT2D eigenvalue weighted by Gasteiger charge is 2.31. The van der Waals surface area contributed by atoms with E-state index in [2.05, 4.69) is 5.32 Å². The van der Waals surface area contributed by atoms with Gasteiger partial charge in [-0.3, -0.25) is 9.69 Å². The first-order valence-electron chi connectivity index (χ1n) is 7.74. The fourth-order valence-electron chi connectivity index (χ4n) is 2.59. The Labute approximate surface area is 156 Å². The second-order valence-corrected chi connectivity index (χ2v) is 5.79. The molecule has 1 aliphatic heterocycles. The Morgan fingerprint density at radius 1 is 1.15 bits per heavy atom. The van der Waals surface area contributed by atoms with Crippen molar-refractivity contribution >= 4 is 29.3 Å². The van der Waals surface area contributed by atoms with Crippen LogP contribution in [0, 0.1) is 0 Å². The van der Waals surface area contributed by atoms with Gasteiger partial charge in [-0.15, -0.1) is 0 Å². The molecule has 2 aromatic rings. The summed E-state index contributed by atoms with van der Waals surface area (Å²) in [6.45, 7) is 0.262. The highest BCUT2D eigenvalue weighted by molar-refractivity contribution is 7.80. The summed E-state index contributed by atoms with van der Waals surface area (Å²) in [4.78, 5) is 14.1. The van der Waals surface area contributed by atoms with Gasteiger partial charge in [-0.2, -0.15) is 0 Å². The van der Waals surface area contributed by atoms with Crippen LogP contribution in [0.25, 0.3) is 6.08 Å². The first kappa shape index (κ1) is 17.8. The molecule has 0 unspecified atom stereocenters. The van der Waals surface area contributed by atoms with Gasteiger partial charge in [0, 0.05) is 11.6 Å². The smallest absolute Gasteiger partial charge is 0.276 e. The molecule has 0 bridgehead atoms. The number of amides is 1. The summed E-state index contributed by atoms with van der Waals surface area (Å²) in [7, 11) is 4.63. The van der Waals surface area contributed by atoms with Crippen LogP contribution in [0.5, 0.6) is 17.2 Å². The molecule has 1 N–H and O–H groups in total. The molecule has 2 heterocycles. The number of methoxy groups -OCH3 is 3. The number of furan rings is 1. The number of rotatable bonds is 6. The average Bonchev–Trinajstić information content (AvgIpc) is 3.25. The molecule has 3 rings (SSSR count). The summed E-state index contributed by atoms with van der Waals surface area (Å²) in [5, 5.41) is 3.25. The lowest BCUT2D eigenvalue weighted by Gasteiger charge is -2.12. The third-order valence-corrected chi connectivity index (χ3v) is 4.21. The minimum atomic E-state index is -0.247. The summed E-state index contributed by atoms with van der Waals surface area (Å²) >= 11 is 5.27. The monoisotopic (exact) mass is 374 g/mol. The van der Waals surface area contributed by atoms with E-state index in [0.29, 0.717) is 39.4 Å². The van der Waals surface area contributed by atoms with E-state index in [0.717, 1.165) is 0 Å². The Morgan fingerprint density at radius 2 is 1.85 bits per heavy atom. The van der Waals surface area contributed by atoms with E-state index < -0.39 is 0 Å². The zero-order valence-electron chi connectivity index (χ0n) is 14.6. The number of nitrogens with zero attached hydrogens (tertiary/aromatic N) is 1. The maximum atomic E-state index is 12.7. The molecule has 1 aromatic heterocycles. The number of nitrogens with one attached hydrogen (secondary N) is 1. The highest BCUT2D eigenvalue weighted by atomic mass is 32.1. The van der Waals surface area contributed by atoms with Crippen LogP contribution in [0.3, 0.4) is 0 Å². The predicted octanol–water partition coefficient (Wildman–Crippen LogP) is 2.56. The second kappa shape index (κ2) is 7.49. The number of thiocarbonyl (C=S) groups is 1. The van der Waals surface area contributed by atoms with E-state index in [1.54, 1.807) is 57.9 Å². The molecule has 0 aliphatic carbocycles. The molecule has 8 heteroatoms. The van der Waals surface area contributed by atoms with Crippen molar-refractivity contribution in [3.63, 3.8) is 0 Å². The molecule has 0 saturated carbocycles. The number of benzene rings is 1. The van der Waals surface area contributed by atoms with Crippen LogP contribution in [0.4, 0.5) is 0 Å². The van der Waals surface area contributed by atoms with Crippen molar-refractivity contribution in [1.82, 2.24) is 10.2 Å². The van der Waals surface area contributed by atoms with Crippen molar-refractivity contribution in [2.75, 3.05) is 21.3 Å². The van der Waals surface area contributed by atoms with Crippen molar-refractivity contribution in [2.24, 2.45) is 0 Å². The third kappa shape index (κ3) is 3.36. The molecule has 0 spiro atoms. The second-order valence-electron chi connectivity index (χ2n) is 5.41. The van der Waals surface area contributed by atoms with Crippen LogP contribution in [-0.4, -0.2) is 37.2 Å². The molecule has 1 fully saturated rings. The molecule has 1 saturated heterocycles. The van der Waals surface area contributed by atoms with E-state index in [4.69, 9.17) is 30.8 Å². The molecule has 1 amide bonds. The zero-order chi connectivity index (χ0) is 18.7. The Kier molecular flexibility index (Phi) is 5.13. The fraction of sp³-hybridized carbons (Fsp3) is 0.222. The topological polar surface area (TPSA) is 73.2 Å². The minimum Gasteiger partial charge on any atom is -0.496 e. The summed E-state index contributed by atoms with van der Waals surface area (Å²) in [6.07, 6.45) is 3.22. The quantitative estimate of drug-likeness (QED) is 0.615. The summed E-state index contributed by atoms with van der Waals surface area (Å²) in [6, 6.07) is 6.98. The standard InChI is InChI=1S/C18H18N2O5S/c1-22-14-9-16(24-3)15(23-2)8-11(14)7-13-17(21)20(18(26)19-13)10-12-5-4-6-25-12/h4-9H,10H2,1-3H3,(H,19,26)/b13-7+. The van der Waals surface area contributed by atoms with Crippen LogP contribution < -0.4 is 19.5 Å². The lowest BCUT2D eigenvalue weighted by molar-refractivity contribution is -0.122. The van der Waals surface area contributed by atoms with Crippen molar-refractivity contribution in [3.05, 3.63) is 47.5 Å². The highest BCUT2D eigenvalue weighted by Crippen LogP contribution is 2.36. The SMILES string of the molecule is COc1cc(OC)c(OC)cc1/C=C1/NC(=S)N(Cc2ccco2)C1=O. The third-order valence-electron chi connectivity index (χ3n) is 3.89. The summed E-state index contributed by atoms with van der Waals surface area (Å²) < 4.78 is 21.3. The predicted molar refractivity (Wildman–Crippen MR) is 99.1 cm³/mol. The van der Waals surface area contributed by atoms with Gasteiger partial charge in [0.1, 0.15) is 17.2 Å². The van der Waals surface area contributed by atoms with E-state index >= 15 is 0 Å². The molecular weight excluding hydrogens is 356 g/mol. The van der Waals surface area contributed by atoms with E-state index in [1.165, 1.54) is 4.90 Å². The van der Waals surface area contributed by atoms with Crippen molar-refractivity contribution in [3.8, 4) is 17.2 Å². The van der Waals surface area contributed by atoms with Crippen molar-refractivity contribution < 1.29 is 23.4 Å². The Bertz CT molecular complexity index is 861. The summed E-state index contributed by atoms with van der Waals surface area (Å²) in [5.74, 6) is 2.00. The Hall–Kier alpha value is -3.00. The molecule has 1 aliphatic rings. The number of ether oxygens (including phenoxy) is 3. The van der Waals surface area contributed by atoms with Gasteiger partial charge >= 0.3 is 0 Å². The Balaban J connectivity index is 1.92. The van der Waals surface area contributed by atoms with Gasteiger partial charge in [-0.25, -0.2) is 0 Å². The average molecular weight is 374 g/mol. The largest absolute Gasteiger partial charge is 0.496 e. The normalized spacial score (nSPS) is 15.3. The first-order valence-corrected chi connectivity index (χ1v) is 8.15. The van der Waals surface area contributed by atoms with Gasteiger partial charge in [0.2, 0.25) is 0 Å². The van der Waals surface area contributed by atoms with Crippen LogP contribution >= 0.6 is 12.2 Å². The fourth-order valence-corrected chi connectivity index (χ4v) is 2.85. The molecule has 0 radical (unpaired) electrons. The lowest BCUT2D eigenvalue weighted by atomic mass is 10.1. The number of carbonyl (C=O) groups excluding carboxylic acids is 1. The van der Waals surface area contributed by atoms with Crippen LogP contribution in [0.1, 0.15) is 11.3 Å². The molecule has 1 aromatic carbocycles. The molecule has 26 heavy (non-hydrogen) atoms. The molecular formula is C18H18N2O5S. The van der Waals surface area contributed by atoms with Crippen molar-refractivity contribution in [2.45, 2.75) is 6.54 Å². The van der Waals surface area contributed by atoms with Gasteiger partial charge in [0.15, 0.2) is 16.6 Å². The van der Waals surface area contributed by atoms with Crippen LogP contribution in [-0.2, 0) is 11.3 Å². The van der Waals surface area contributed by atoms with Crippen molar-refractivity contribution in [1.29, 1.82) is 0 Å². The maximum absolute atomic E-state index is 12.7. The number of hydrogen-bond acceptors (Lipinski definition) is 6. The lowest BCUT2D eigenvalue weighted by Crippen LogP contribution is -2.29. The Morgan fingerprint density at radius 3 is 2.46 bits per heavy atom. The minimum absolute atomic E-state index is 0.247. The van der Waals surface area contributed by atoms with Gasteiger partial charge in [-0.05, 0) is 36.5 Å². The van der Waals surface area contributed by atoms with E-state index in [9.17, 15) is 4.79 Å². The van der Waals surface area contributed by atoms with Crippen LogP contribution in [0.15, 0.2) is 40.6 Å². The number of hydrogen-bond donors (Lipinski definition) is 1. The molecule has 0 atom stereocenters. The van der Waals surface area contributed by atoms with Gasteiger partial charge in [0.25, 0.3) is 5.91 Å². The molecule has 136 valence electrons. The van der Waals surface area contributed by atoms with Gasteiger partial charge < -0.3 is 23.9 Å². The van der Waals surface area contributed by atoms with Gasteiger partial charge in [-0.1, -0.05) is 0 Å². The zero-order valence-corrected chi connectivity index (χ0v) is 15.4. The first-order chi connectivity index (χ1) is 12.6. The van der Waals surface area contributed by atoms with E-state index in [1.807, 2.05) is 0 Å².